The van der Waals surface area contributed by atoms with Gasteiger partial charge in [0.15, 0.2) is 0 Å². The predicted molar refractivity (Wildman–Crippen MR) is 74.1 cm³/mol. The molecule has 0 amide bonds. The van der Waals surface area contributed by atoms with Gasteiger partial charge >= 0.3 is 0 Å². The van der Waals surface area contributed by atoms with Crippen LogP contribution in [0.25, 0.3) is 0 Å². The average molecular weight is 316 g/mol. The summed E-state index contributed by atoms with van der Waals surface area (Å²) in [7, 11) is 1.72. The van der Waals surface area contributed by atoms with Gasteiger partial charge in [0.2, 0.25) is 0 Å². The molecule has 1 saturated carbocycles. The minimum Gasteiger partial charge on any atom is -0.376 e. The van der Waals surface area contributed by atoms with Gasteiger partial charge in [0.25, 0.3) is 0 Å². The summed E-state index contributed by atoms with van der Waals surface area (Å²) in [6, 6.07) is 4.99. The predicted octanol–water partition coefficient (Wildman–Crippen LogP) is 3.81. The van der Waals surface area contributed by atoms with Crippen molar-refractivity contribution in [1.29, 1.82) is 0 Å². The van der Waals surface area contributed by atoms with E-state index in [0.717, 1.165) is 30.3 Å². The number of likely N-dealkylation sites (N-methyl/N-ethyl adjacent to an activating group) is 1. The van der Waals surface area contributed by atoms with E-state index < -0.39 is 0 Å². The standard InChI is InChI=1S/C14H19BrFNO/c1-3-17-13(14(18-2)7-4-8-14)11-9-10(15)5-6-12(11)16/h5-6,9,13,17H,3-4,7-8H2,1-2H3. The second-order valence-electron chi connectivity index (χ2n) is 4.78. The molecule has 0 radical (unpaired) electrons. The Labute approximate surface area is 116 Å². The smallest absolute Gasteiger partial charge is 0.128 e. The highest BCUT2D eigenvalue weighted by Gasteiger charge is 2.45. The zero-order valence-electron chi connectivity index (χ0n) is 10.8. The molecule has 0 heterocycles. The van der Waals surface area contributed by atoms with Crippen LogP contribution in [0.15, 0.2) is 22.7 Å². The van der Waals surface area contributed by atoms with Crippen molar-refractivity contribution in [3.63, 3.8) is 0 Å². The van der Waals surface area contributed by atoms with Crippen molar-refractivity contribution in [1.82, 2.24) is 5.32 Å². The first-order chi connectivity index (χ1) is 8.63. The molecular weight excluding hydrogens is 297 g/mol. The zero-order chi connectivity index (χ0) is 13.2. The van der Waals surface area contributed by atoms with Crippen LogP contribution in [0.1, 0.15) is 37.8 Å². The average Bonchev–Trinajstić information content (AvgIpc) is 2.31. The molecule has 1 aliphatic carbocycles. The van der Waals surface area contributed by atoms with Crippen LogP contribution < -0.4 is 5.32 Å². The zero-order valence-corrected chi connectivity index (χ0v) is 12.4. The van der Waals surface area contributed by atoms with Gasteiger partial charge in [0.05, 0.1) is 11.6 Å². The van der Waals surface area contributed by atoms with Crippen LogP contribution in [0.3, 0.4) is 0 Å². The number of ether oxygens (including phenoxy) is 1. The van der Waals surface area contributed by atoms with E-state index in [4.69, 9.17) is 4.74 Å². The van der Waals surface area contributed by atoms with Gasteiger partial charge in [0, 0.05) is 17.1 Å². The topological polar surface area (TPSA) is 21.3 Å². The summed E-state index contributed by atoms with van der Waals surface area (Å²) >= 11 is 3.41. The summed E-state index contributed by atoms with van der Waals surface area (Å²) in [5.41, 5.74) is 0.435. The Kier molecular flexibility index (Phi) is 4.41. The lowest BCUT2D eigenvalue weighted by atomic mass is 9.72. The Hall–Kier alpha value is -0.450. The van der Waals surface area contributed by atoms with Crippen molar-refractivity contribution < 1.29 is 9.13 Å². The van der Waals surface area contributed by atoms with Crippen LogP contribution in [0, 0.1) is 5.82 Å². The number of halogens is 2. The summed E-state index contributed by atoms with van der Waals surface area (Å²) in [6.07, 6.45) is 3.10. The fraction of sp³-hybridized carbons (Fsp3) is 0.571. The number of methoxy groups -OCH3 is 1. The van der Waals surface area contributed by atoms with Gasteiger partial charge in [-0.2, -0.15) is 0 Å². The molecule has 1 atom stereocenters. The van der Waals surface area contributed by atoms with E-state index >= 15 is 0 Å². The highest BCUT2D eigenvalue weighted by atomic mass is 79.9. The van der Waals surface area contributed by atoms with Gasteiger partial charge in [-0.15, -0.1) is 0 Å². The van der Waals surface area contributed by atoms with Crippen molar-refractivity contribution in [2.75, 3.05) is 13.7 Å². The van der Waals surface area contributed by atoms with E-state index in [1.54, 1.807) is 13.2 Å². The van der Waals surface area contributed by atoms with Crippen LogP contribution in [0.5, 0.6) is 0 Å². The lowest BCUT2D eigenvalue weighted by molar-refractivity contribution is -0.100. The van der Waals surface area contributed by atoms with Gasteiger partial charge in [-0.1, -0.05) is 22.9 Å². The molecule has 1 aromatic rings. The molecule has 0 aromatic heterocycles. The van der Waals surface area contributed by atoms with Crippen molar-refractivity contribution in [3.8, 4) is 0 Å². The maximum absolute atomic E-state index is 14.1. The first-order valence-electron chi connectivity index (χ1n) is 6.36. The summed E-state index contributed by atoms with van der Waals surface area (Å²) in [5, 5.41) is 3.37. The van der Waals surface area contributed by atoms with Gasteiger partial charge in [-0.05, 0) is 44.0 Å². The van der Waals surface area contributed by atoms with E-state index in [1.807, 2.05) is 13.0 Å². The number of rotatable bonds is 5. The second-order valence-corrected chi connectivity index (χ2v) is 5.69. The third kappa shape index (κ3) is 2.46. The van der Waals surface area contributed by atoms with Crippen LogP contribution in [-0.2, 0) is 4.74 Å². The first kappa shape index (κ1) is 14.0. The Morgan fingerprint density at radius 3 is 2.72 bits per heavy atom. The van der Waals surface area contributed by atoms with E-state index in [9.17, 15) is 4.39 Å². The van der Waals surface area contributed by atoms with E-state index in [0.29, 0.717) is 5.56 Å². The summed E-state index contributed by atoms with van der Waals surface area (Å²) < 4.78 is 20.6. The quantitative estimate of drug-likeness (QED) is 0.892. The van der Waals surface area contributed by atoms with Crippen molar-refractivity contribution in [2.45, 2.75) is 37.8 Å². The van der Waals surface area contributed by atoms with Crippen molar-refractivity contribution in [3.05, 3.63) is 34.1 Å². The summed E-state index contributed by atoms with van der Waals surface area (Å²) in [6.45, 7) is 2.83. The highest BCUT2D eigenvalue weighted by Crippen LogP contribution is 2.45. The molecule has 4 heteroatoms. The fourth-order valence-corrected chi connectivity index (χ4v) is 3.03. The van der Waals surface area contributed by atoms with E-state index in [2.05, 4.69) is 21.2 Å². The molecule has 0 spiro atoms. The lowest BCUT2D eigenvalue weighted by Gasteiger charge is -2.47. The molecule has 1 unspecified atom stereocenters. The van der Waals surface area contributed by atoms with Crippen molar-refractivity contribution >= 4 is 15.9 Å². The largest absolute Gasteiger partial charge is 0.376 e. The Morgan fingerprint density at radius 2 is 2.22 bits per heavy atom. The van der Waals surface area contributed by atoms with Gasteiger partial charge < -0.3 is 10.1 Å². The minimum absolute atomic E-state index is 0.0845. The first-order valence-corrected chi connectivity index (χ1v) is 7.16. The molecular formula is C14H19BrFNO. The molecule has 1 aliphatic rings. The molecule has 18 heavy (non-hydrogen) atoms. The maximum Gasteiger partial charge on any atom is 0.128 e. The van der Waals surface area contributed by atoms with Gasteiger partial charge in [-0.25, -0.2) is 4.39 Å². The molecule has 0 aliphatic heterocycles. The Balaban J connectivity index is 2.37. The SMILES string of the molecule is CCNC(c1cc(Br)ccc1F)C1(OC)CCC1. The van der Waals surface area contributed by atoms with Gasteiger partial charge in [0.1, 0.15) is 5.82 Å². The number of benzene rings is 1. The summed E-state index contributed by atoms with van der Waals surface area (Å²) in [4.78, 5) is 0. The molecule has 2 rings (SSSR count). The normalized spacial score (nSPS) is 19.3. The Bertz CT molecular complexity index is 415. The minimum atomic E-state index is -0.252. The summed E-state index contributed by atoms with van der Waals surface area (Å²) in [5.74, 6) is -0.174. The van der Waals surface area contributed by atoms with Crippen LogP contribution >= 0.6 is 15.9 Å². The van der Waals surface area contributed by atoms with Crippen molar-refractivity contribution in [2.24, 2.45) is 0 Å². The second kappa shape index (κ2) is 5.68. The van der Waals surface area contributed by atoms with E-state index in [1.165, 1.54) is 6.07 Å². The molecule has 1 fully saturated rings. The number of hydrogen-bond donors (Lipinski definition) is 1. The number of hydrogen-bond acceptors (Lipinski definition) is 2. The highest BCUT2D eigenvalue weighted by molar-refractivity contribution is 9.10. The monoisotopic (exact) mass is 315 g/mol. The third-order valence-electron chi connectivity index (χ3n) is 3.81. The third-order valence-corrected chi connectivity index (χ3v) is 4.30. The maximum atomic E-state index is 14.1. The molecule has 0 bridgehead atoms. The molecule has 2 nitrogen and oxygen atoms in total. The van der Waals surface area contributed by atoms with Crippen LogP contribution in [0.2, 0.25) is 0 Å². The molecule has 1 aromatic carbocycles. The fourth-order valence-electron chi connectivity index (χ4n) is 2.66. The van der Waals surface area contributed by atoms with E-state index in [-0.39, 0.29) is 17.5 Å². The lowest BCUT2D eigenvalue weighted by Crippen LogP contribution is -2.50. The number of nitrogens with one attached hydrogen (secondary N) is 1. The Morgan fingerprint density at radius 1 is 1.50 bits per heavy atom. The van der Waals surface area contributed by atoms with Crippen LogP contribution in [-0.4, -0.2) is 19.3 Å². The molecule has 100 valence electrons. The van der Waals surface area contributed by atoms with Crippen LogP contribution in [0.4, 0.5) is 4.39 Å². The van der Waals surface area contributed by atoms with Gasteiger partial charge in [-0.3, -0.25) is 0 Å². The molecule has 0 saturated heterocycles. The molecule has 1 N–H and O–H groups in total.